The summed E-state index contributed by atoms with van der Waals surface area (Å²) in [4.78, 5) is 8.12. The van der Waals surface area contributed by atoms with Gasteiger partial charge in [0.05, 0.1) is 17.6 Å². The van der Waals surface area contributed by atoms with Crippen LogP contribution in [0.5, 0.6) is 5.75 Å². The number of rotatable bonds is 6. The van der Waals surface area contributed by atoms with Gasteiger partial charge in [-0.15, -0.1) is 0 Å². The lowest BCUT2D eigenvalue weighted by molar-refractivity contribution is 0.340. The van der Waals surface area contributed by atoms with E-state index in [0.29, 0.717) is 6.61 Å². The van der Waals surface area contributed by atoms with Crippen LogP contribution in [-0.2, 0) is 12.8 Å². The Labute approximate surface area is 176 Å². The molecule has 1 aromatic heterocycles. The summed E-state index contributed by atoms with van der Waals surface area (Å²) in [6.07, 6.45) is 1.86. The lowest BCUT2D eigenvalue weighted by Gasteiger charge is -2.08. The Balaban J connectivity index is 1.37. The minimum atomic E-state index is 0.687. The quantitative estimate of drug-likeness (QED) is 0.355. The molecule has 30 heavy (non-hydrogen) atoms. The van der Waals surface area contributed by atoms with Crippen LogP contribution in [0.4, 0.5) is 0 Å². The first-order chi connectivity index (χ1) is 14.8. The molecule has 0 saturated carbocycles. The van der Waals surface area contributed by atoms with E-state index >= 15 is 0 Å². The number of nitrogens with zero attached hydrogens (tertiary/aromatic N) is 1. The average Bonchev–Trinajstić information content (AvgIpc) is 3.21. The lowest BCUT2D eigenvalue weighted by atomic mass is 9.98. The monoisotopic (exact) mass is 392 g/mol. The molecule has 0 unspecified atom stereocenters. The molecule has 148 valence electrons. The van der Waals surface area contributed by atoms with Crippen molar-refractivity contribution in [2.24, 2.45) is 0 Å². The van der Waals surface area contributed by atoms with Gasteiger partial charge in [0, 0.05) is 6.42 Å². The smallest absolute Gasteiger partial charge is 0.119 e. The van der Waals surface area contributed by atoms with E-state index in [9.17, 15) is 0 Å². The maximum absolute atomic E-state index is 5.56. The molecule has 0 aliphatic rings. The first kappa shape index (κ1) is 18.4. The minimum absolute atomic E-state index is 0.687. The molecule has 0 spiro atoms. The van der Waals surface area contributed by atoms with Crippen LogP contribution in [0.3, 0.4) is 0 Å². The molecular weight excluding hydrogens is 368 g/mol. The summed E-state index contributed by atoms with van der Waals surface area (Å²) >= 11 is 0. The molecule has 0 aliphatic carbocycles. The van der Waals surface area contributed by atoms with Gasteiger partial charge in [-0.2, -0.15) is 0 Å². The Morgan fingerprint density at radius 1 is 0.767 bits per heavy atom. The maximum atomic E-state index is 5.56. The van der Waals surface area contributed by atoms with Gasteiger partial charge in [-0.05, 0) is 71.1 Å². The fourth-order valence-corrected chi connectivity index (χ4v) is 3.93. The molecule has 1 heterocycles. The molecule has 4 aromatic carbocycles. The van der Waals surface area contributed by atoms with E-state index in [2.05, 4.69) is 59.6 Å². The first-order valence-corrected chi connectivity index (χ1v) is 10.5. The van der Waals surface area contributed by atoms with Crippen molar-refractivity contribution >= 4 is 21.8 Å². The molecule has 3 nitrogen and oxygen atoms in total. The van der Waals surface area contributed by atoms with E-state index in [1.807, 2.05) is 37.3 Å². The molecule has 0 radical (unpaired) electrons. The number of imidazole rings is 1. The zero-order valence-electron chi connectivity index (χ0n) is 17.1. The predicted octanol–water partition coefficient (Wildman–Crippen LogP) is 6.57. The van der Waals surface area contributed by atoms with Crippen LogP contribution in [0.25, 0.3) is 32.9 Å². The van der Waals surface area contributed by atoms with Gasteiger partial charge in [0.1, 0.15) is 11.6 Å². The van der Waals surface area contributed by atoms with Crippen molar-refractivity contribution in [2.45, 2.75) is 19.8 Å². The van der Waals surface area contributed by atoms with Crippen LogP contribution in [0.15, 0.2) is 84.9 Å². The number of H-pyrrole nitrogens is 1. The summed E-state index contributed by atoms with van der Waals surface area (Å²) in [7, 11) is 0. The van der Waals surface area contributed by atoms with Crippen molar-refractivity contribution in [3.05, 3.63) is 96.3 Å². The number of para-hydroxylation sites is 2. The van der Waals surface area contributed by atoms with E-state index < -0.39 is 0 Å². The zero-order chi connectivity index (χ0) is 20.3. The van der Waals surface area contributed by atoms with Gasteiger partial charge in [0.25, 0.3) is 0 Å². The normalized spacial score (nSPS) is 11.2. The highest BCUT2D eigenvalue weighted by molar-refractivity contribution is 5.88. The van der Waals surface area contributed by atoms with E-state index in [0.717, 1.165) is 35.4 Å². The number of fused-ring (bicyclic) bond motifs is 2. The summed E-state index contributed by atoms with van der Waals surface area (Å²) < 4.78 is 5.56. The third-order valence-corrected chi connectivity index (χ3v) is 5.49. The number of benzene rings is 4. The molecule has 0 bridgehead atoms. The number of nitrogens with one attached hydrogen (secondary N) is 1. The van der Waals surface area contributed by atoms with Gasteiger partial charge in [-0.3, -0.25) is 0 Å². The molecule has 0 saturated heterocycles. The number of aromatic amines is 1. The first-order valence-electron chi connectivity index (χ1n) is 10.5. The Morgan fingerprint density at radius 3 is 2.40 bits per heavy atom. The average molecular weight is 393 g/mol. The van der Waals surface area contributed by atoms with E-state index in [1.54, 1.807) is 0 Å². The highest BCUT2D eigenvalue weighted by atomic mass is 16.5. The third kappa shape index (κ3) is 3.79. The lowest BCUT2D eigenvalue weighted by Crippen LogP contribution is -1.93. The van der Waals surface area contributed by atoms with E-state index in [4.69, 9.17) is 9.72 Å². The Bertz CT molecular complexity index is 1270. The highest BCUT2D eigenvalue weighted by Crippen LogP contribution is 2.27. The van der Waals surface area contributed by atoms with Gasteiger partial charge in [-0.1, -0.05) is 54.6 Å². The molecule has 3 heteroatoms. The second kappa shape index (κ2) is 8.03. The number of ether oxygens (including phenoxy) is 1. The molecule has 0 fully saturated rings. The van der Waals surface area contributed by atoms with Gasteiger partial charge in [0.2, 0.25) is 0 Å². The van der Waals surface area contributed by atoms with Crippen LogP contribution in [-0.4, -0.2) is 16.6 Å². The van der Waals surface area contributed by atoms with Crippen molar-refractivity contribution in [3.8, 4) is 16.9 Å². The second-order valence-corrected chi connectivity index (χ2v) is 7.55. The van der Waals surface area contributed by atoms with Crippen LogP contribution in [0.2, 0.25) is 0 Å². The predicted molar refractivity (Wildman–Crippen MR) is 124 cm³/mol. The molecular formula is C27H24N2O. The van der Waals surface area contributed by atoms with Crippen molar-refractivity contribution in [3.63, 3.8) is 0 Å². The summed E-state index contributed by atoms with van der Waals surface area (Å²) in [6.45, 7) is 2.69. The van der Waals surface area contributed by atoms with E-state index in [-0.39, 0.29) is 0 Å². The maximum Gasteiger partial charge on any atom is 0.119 e. The molecule has 0 amide bonds. The van der Waals surface area contributed by atoms with E-state index in [1.165, 1.54) is 27.5 Å². The molecule has 5 aromatic rings. The van der Waals surface area contributed by atoms with Crippen LogP contribution in [0.1, 0.15) is 18.3 Å². The Kier molecular flexibility index (Phi) is 4.94. The number of aromatic nitrogens is 2. The van der Waals surface area contributed by atoms with Crippen molar-refractivity contribution in [1.82, 2.24) is 9.97 Å². The van der Waals surface area contributed by atoms with Crippen LogP contribution < -0.4 is 4.74 Å². The number of hydrogen-bond acceptors (Lipinski definition) is 2. The summed E-state index contributed by atoms with van der Waals surface area (Å²) in [5.74, 6) is 1.95. The van der Waals surface area contributed by atoms with Crippen molar-refractivity contribution in [1.29, 1.82) is 0 Å². The molecule has 1 N–H and O–H groups in total. The van der Waals surface area contributed by atoms with Crippen molar-refractivity contribution in [2.75, 3.05) is 6.61 Å². The largest absolute Gasteiger partial charge is 0.494 e. The SMILES string of the molecule is CCOc1ccc(-c2ccc3ccc(CCc4nc5ccccc5[nH]4)cc3c2)cc1. The highest BCUT2D eigenvalue weighted by Gasteiger charge is 2.05. The second-order valence-electron chi connectivity index (χ2n) is 7.55. The van der Waals surface area contributed by atoms with Crippen molar-refractivity contribution < 1.29 is 4.74 Å². The van der Waals surface area contributed by atoms with Gasteiger partial charge < -0.3 is 9.72 Å². The standard InChI is InChI=1S/C27H24N2O/c1-2-30-24-14-12-20(13-15-24)22-11-10-21-9-7-19(17-23(21)18-22)8-16-27-28-25-5-3-4-6-26(25)29-27/h3-7,9-15,17-18H,2,8,16H2,1H3,(H,28,29). The van der Waals surface area contributed by atoms with Gasteiger partial charge in [-0.25, -0.2) is 4.98 Å². The van der Waals surface area contributed by atoms with Crippen LogP contribution >= 0.6 is 0 Å². The number of hydrogen-bond donors (Lipinski definition) is 1. The summed E-state index contributed by atoms with van der Waals surface area (Å²) in [6, 6.07) is 29.9. The van der Waals surface area contributed by atoms with Gasteiger partial charge >= 0.3 is 0 Å². The molecule has 5 rings (SSSR count). The fourth-order valence-electron chi connectivity index (χ4n) is 3.93. The number of aryl methyl sites for hydroxylation is 2. The zero-order valence-corrected chi connectivity index (χ0v) is 17.1. The summed E-state index contributed by atoms with van der Waals surface area (Å²) in [5, 5.41) is 2.53. The minimum Gasteiger partial charge on any atom is -0.494 e. The topological polar surface area (TPSA) is 37.9 Å². The Morgan fingerprint density at radius 2 is 1.57 bits per heavy atom. The Hall–Kier alpha value is -3.59. The third-order valence-electron chi connectivity index (χ3n) is 5.49. The molecule has 0 aliphatic heterocycles. The van der Waals surface area contributed by atoms with Gasteiger partial charge in [0.15, 0.2) is 0 Å². The summed E-state index contributed by atoms with van der Waals surface area (Å²) in [5.41, 5.74) is 5.89. The van der Waals surface area contributed by atoms with Crippen LogP contribution in [0, 0.1) is 0 Å². The fraction of sp³-hybridized carbons (Fsp3) is 0.148. The molecule has 0 atom stereocenters.